The van der Waals surface area contributed by atoms with Crippen LogP contribution in [0.3, 0.4) is 0 Å². The van der Waals surface area contributed by atoms with Crippen molar-refractivity contribution in [3.63, 3.8) is 0 Å². The Kier molecular flexibility index (Phi) is 4.24. The SMILES string of the molecule is CC(C)(C)N(CC(=O)O)C(=O)c1cnc(Cl)cn1. The van der Waals surface area contributed by atoms with Crippen molar-refractivity contribution in [1.82, 2.24) is 14.9 Å². The molecule has 0 radical (unpaired) electrons. The van der Waals surface area contributed by atoms with Gasteiger partial charge in [-0.1, -0.05) is 11.6 Å². The number of amides is 1. The molecule has 1 heterocycles. The Morgan fingerprint density at radius 2 is 1.94 bits per heavy atom. The zero-order valence-corrected chi connectivity index (χ0v) is 11.1. The van der Waals surface area contributed by atoms with Crippen LogP contribution in [-0.2, 0) is 4.79 Å². The van der Waals surface area contributed by atoms with Crippen molar-refractivity contribution in [3.8, 4) is 0 Å². The van der Waals surface area contributed by atoms with Crippen molar-refractivity contribution in [3.05, 3.63) is 23.2 Å². The van der Waals surface area contributed by atoms with Crippen LogP contribution in [0.1, 0.15) is 31.3 Å². The van der Waals surface area contributed by atoms with Crippen LogP contribution in [0.25, 0.3) is 0 Å². The molecule has 0 spiro atoms. The fraction of sp³-hybridized carbons (Fsp3) is 0.455. The van der Waals surface area contributed by atoms with Gasteiger partial charge in [0.1, 0.15) is 17.4 Å². The Balaban J connectivity index is 3.02. The number of nitrogens with zero attached hydrogens (tertiary/aromatic N) is 3. The molecule has 1 rings (SSSR count). The number of carboxylic acids is 1. The van der Waals surface area contributed by atoms with Gasteiger partial charge in [-0.25, -0.2) is 9.97 Å². The van der Waals surface area contributed by atoms with E-state index in [2.05, 4.69) is 9.97 Å². The van der Waals surface area contributed by atoms with Crippen molar-refractivity contribution >= 4 is 23.5 Å². The molecule has 1 amide bonds. The second kappa shape index (κ2) is 5.30. The molecule has 98 valence electrons. The largest absolute Gasteiger partial charge is 0.480 e. The number of hydrogen-bond acceptors (Lipinski definition) is 4. The maximum atomic E-state index is 12.2. The van der Waals surface area contributed by atoms with Crippen LogP contribution < -0.4 is 0 Å². The molecule has 1 N–H and O–H groups in total. The molecule has 0 saturated carbocycles. The first kappa shape index (κ1) is 14.4. The lowest BCUT2D eigenvalue weighted by atomic mass is 10.1. The summed E-state index contributed by atoms with van der Waals surface area (Å²) in [6, 6.07) is 0. The van der Waals surface area contributed by atoms with Gasteiger partial charge in [-0.15, -0.1) is 0 Å². The van der Waals surface area contributed by atoms with Gasteiger partial charge in [-0.3, -0.25) is 9.59 Å². The van der Waals surface area contributed by atoms with E-state index in [1.165, 1.54) is 17.3 Å². The van der Waals surface area contributed by atoms with Gasteiger partial charge in [0.15, 0.2) is 0 Å². The number of halogens is 1. The van der Waals surface area contributed by atoms with E-state index in [0.29, 0.717) is 0 Å². The first-order valence-corrected chi connectivity index (χ1v) is 5.61. The second-order valence-corrected chi connectivity index (χ2v) is 5.07. The fourth-order valence-electron chi connectivity index (χ4n) is 1.31. The molecule has 0 bridgehead atoms. The quantitative estimate of drug-likeness (QED) is 0.900. The third-order valence-electron chi connectivity index (χ3n) is 2.19. The predicted octanol–water partition coefficient (Wildman–Crippen LogP) is 1.46. The van der Waals surface area contributed by atoms with Gasteiger partial charge in [0.2, 0.25) is 0 Å². The summed E-state index contributed by atoms with van der Waals surface area (Å²) in [6.45, 7) is 4.85. The molecule has 0 aliphatic rings. The van der Waals surface area contributed by atoms with Crippen LogP contribution in [0, 0.1) is 0 Å². The molecule has 0 fully saturated rings. The molecular formula is C11H14ClN3O3. The highest BCUT2D eigenvalue weighted by Gasteiger charge is 2.30. The molecule has 6 nitrogen and oxygen atoms in total. The second-order valence-electron chi connectivity index (χ2n) is 4.68. The summed E-state index contributed by atoms with van der Waals surface area (Å²) in [5.74, 6) is -1.57. The van der Waals surface area contributed by atoms with Crippen LogP contribution in [0.5, 0.6) is 0 Å². The molecule has 18 heavy (non-hydrogen) atoms. The molecule has 0 unspecified atom stereocenters. The summed E-state index contributed by atoms with van der Waals surface area (Å²) in [4.78, 5) is 31.8. The van der Waals surface area contributed by atoms with E-state index in [1.54, 1.807) is 20.8 Å². The number of aliphatic carboxylic acids is 1. The number of aromatic nitrogens is 2. The summed E-state index contributed by atoms with van der Waals surface area (Å²) in [5.41, 5.74) is -0.563. The molecule has 0 aliphatic carbocycles. The van der Waals surface area contributed by atoms with E-state index >= 15 is 0 Å². The van der Waals surface area contributed by atoms with Crippen molar-refractivity contribution in [2.24, 2.45) is 0 Å². The Hall–Kier alpha value is -1.69. The molecule has 7 heteroatoms. The average molecular weight is 272 g/mol. The highest BCUT2D eigenvalue weighted by Crippen LogP contribution is 2.16. The van der Waals surface area contributed by atoms with E-state index in [9.17, 15) is 9.59 Å². The first-order chi connectivity index (χ1) is 8.21. The summed E-state index contributed by atoms with van der Waals surface area (Å²) < 4.78 is 0. The third kappa shape index (κ3) is 3.66. The normalized spacial score (nSPS) is 11.1. The van der Waals surface area contributed by atoms with Crippen molar-refractivity contribution < 1.29 is 14.7 Å². The van der Waals surface area contributed by atoms with Gasteiger partial charge in [0.05, 0.1) is 12.4 Å². The minimum atomic E-state index is -1.08. The average Bonchev–Trinajstić information content (AvgIpc) is 2.24. The molecule has 0 aliphatic heterocycles. The predicted molar refractivity (Wildman–Crippen MR) is 65.5 cm³/mol. The Bertz CT molecular complexity index is 454. The molecule has 1 aromatic rings. The number of carbonyl (C=O) groups is 2. The third-order valence-corrected chi connectivity index (χ3v) is 2.38. The van der Waals surface area contributed by atoms with Gasteiger partial charge < -0.3 is 10.0 Å². The number of carboxylic acid groups (broad SMARTS) is 1. The summed E-state index contributed by atoms with van der Waals surface area (Å²) in [5, 5.41) is 9.01. The standard InChI is InChI=1S/C11H14ClN3O3/c1-11(2,3)15(6-9(16)17)10(18)7-4-14-8(12)5-13-7/h4-5H,6H2,1-3H3,(H,16,17). The van der Waals surface area contributed by atoms with Gasteiger partial charge in [0.25, 0.3) is 5.91 Å². The highest BCUT2D eigenvalue weighted by molar-refractivity contribution is 6.29. The monoisotopic (exact) mass is 271 g/mol. The fourth-order valence-corrected chi connectivity index (χ4v) is 1.41. The lowest BCUT2D eigenvalue weighted by Crippen LogP contribution is -2.48. The van der Waals surface area contributed by atoms with E-state index in [4.69, 9.17) is 16.7 Å². The van der Waals surface area contributed by atoms with Crippen LogP contribution in [0.4, 0.5) is 0 Å². The lowest BCUT2D eigenvalue weighted by molar-refractivity contribution is -0.138. The first-order valence-electron chi connectivity index (χ1n) is 5.23. The summed E-state index contributed by atoms with van der Waals surface area (Å²) >= 11 is 5.58. The van der Waals surface area contributed by atoms with Crippen LogP contribution >= 0.6 is 11.6 Å². The highest BCUT2D eigenvalue weighted by atomic mass is 35.5. The smallest absolute Gasteiger partial charge is 0.323 e. The minimum Gasteiger partial charge on any atom is -0.480 e. The summed E-state index contributed by atoms with van der Waals surface area (Å²) in [6.07, 6.45) is 2.47. The molecule has 0 saturated heterocycles. The number of rotatable bonds is 3. The number of carbonyl (C=O) groups excluding carboxylic acids is 1. The Labute approximate surface area is 110 Å². The van der Waals surface area contributed by atoms with Gasteiger partial charge in [0, 0.05) is 5.54 Å². The Morgan fingerprint density at radius 3 is 2.33 bits per heavy atom. The van der Waals surface area contributed by atoms with E-state index in [0.717, 1.165) is 0 Å². The maximum Gasteiger partial charge on any atom is 0.323 e. The lowest BCUT2D eigenvalue weighted by Gasteiger charge is -2.34. The molecule has 0 aromatic carbocycles. The zero-order chi connectivity index (χ0) is 13.9. The van der Waals surface area contributed by atoms with E-state index < -0.39 is 24.0 Å². The van der Waals surface area contributed by atoms with Crippen LogP contribution in [0.2, 0.25) is 5.15 Å². The summed E-state index contributed by atoms with van der Waals surface area (Å²) in [7, 11) is 0. The van der Waals surface area contributed by atoms with Gasteiger partial charge in [-0.2, -0.15) is 0 Å². The van der Waals surface area contributed by atoms with Crippen molar-refractivity contribution in [2.75, 3.05) is 6.54 Å². The van der Waals surface area contributed by atoms with Crippen molar-refractivity contribution in [1.29, 1.82) is 0 Å². The molecule has 0 atom stereocenters. The number of hydrogen-bond donors (Lipinski definition) is 1. The minimum absolute atomic E-state index is 0.0653. The van der Waals surface area contributed by atoms with Crippen LogP contribution in [-0.4, -0.2) is 43.9 Å². The topological polar surface area (TPSA) is 83.4 Å². The molecule has 1 aromatic heterocycles. The van der Waals surface area contributed by atoms with E-state index in [1.807, 2.05) is 0 Å². The van der Waals surface area contributed by atoms with E-state index in [-0.39, 0.29) is 10.8 Å². The zero-order valence-electron chi connectivity index (χ0n) is 10.3. The van der Waals surface area contributed by atoms with Gasteiger partial charge >= 0.3 is 5.97 Å². The Morgan fingerprint density at radius 1 is 1.33 bits per heavy atom. The molecular weight excluding hydrogens is 258 g/mol. The van der Waals surface area contributed by atoms with Crippen molar-refractivity contribution in [2.45, 2.75) is 26.3 Å². The van der Waals surface area contributed by atoms with Crippen LogP contribution in [0.15, 0.2) is 12.4 Å². The maximum absolute atomic E-state index is 12.2. The van der Waals surface area contributed by atoms with Gasteiger partial charge in [-0.05, 0) is 20.8 Å².